The quantitative estimate of drug-likeness (QED) is 0.00967. The van der Waals surface area contributed by atoms with Gasteiger partial charge in [0.25, 0.3) is 5.24 Å². The van der Waals surface area contributed by atoms with Gasteiger partial charge in [0, 0.05) is 18.2 Å². The second kappa shape index (κ2) is 50.5. The number of aliphatic hydroxyl groups is 1. The number of hydrogen-bond donors (Lipinski definition) is 6. The molecule has 128 heavy (non-hydrogen) atoms. The minimum atomic E-state index is -4.83. The summed E-state index contributed by atoms with van der Waals surface area (Å²) in [7, 11) is 0. The zero-order valence-corrected chi connectivity index (χ0v) is 69.2. The Morgan fingerprint density at radius 2 is 0.734 bits per heavy atom. The summed E-state index contributed by atoms with van der Waals surface area (Å²) >= 11 is 16.4. The number of nitrogen functional groups attached to an aromatic ring is 1. The second-order valence-electron chi connectivity index (χ2n) is 22.8. The number of nitrogens with zero attached hydrogens (tertiary/aromatic N) is 12. The monoisotopic (exact) mass is 1880 g/mol. The number of Topliss-reactive ketones (excluding diaryl/α,β-unsaturated/α-hetero) is 1. The number of carbonyl (C=O) groups is 3. The first-order valence-corrected chi connectivity index (χ1v) is 35.7. The Kier molecular flexibility index (Phi) is 42.1. The Morgan fingerprint density at radius 3 is 1.05 bits per heavy atom. The molecule has 21 nitrogen and oxygen atoms in total. The van der Waals surface area contributed by atoms with Gasteiger partial charge >= 0.3 is 41.7 Å². The van der Waals surface area contributed by atoms with Crippen molar-refractivity contribution in [1.82, 2.24) is 13.7 Å². The first-order chi connectivity index (χ1) is 60.0. The fourth-order valence-corrected chi connectivity index (χ4v) is 11.4. The van der Waals surface area contributed by atoms with Crippen molar-refractivity contribution in [3.63, 3.8) is 0 Å². The van der Waals surface area contributed by atoms with Gasteiger partial charge in [-0.3, -0.25) is 14.6 Å². The van der Waals surface area contributed by atoms with E-state index in [0.29, 0.717) is 11.5 Å². The largest absolute Gasteiger partial charge is 1.00 e. The van der Waals surface area contributed by atoms with Crippen LogP contribution in [0.5, 0.6) is 0 Å². The number of pyridine rings is 1. The first-order valence-electron chi connectivity index (χ1n) is 33.0. The number of allylic oxidation sites excluding steroid dienone is 3. The molecular weight excluding hydrogens is 1840 g/mol. The van der Waals surface area contributed by atoms with E-state index < -0.39 is 212 Å². The Morgan fingerprint density at radius 1 is 0.414 bits per heavy atom. The molecule has 0 unspecified atom stereocenters. The molecule has 8 aromatic carbocycles. The summed E-state index contributed by atoms with van der Waals surface area (Å²) in [6.07, 6.45) is -4.52. The average molecular weight is 1880 g/mol. The fraction of sp³-hybridized carbons (Fsp3) is 0.0244. The van der Waals surface area contributed by atoms with E-state index in [4.69, 9.17) is 93.3 Å². The molecule has 0 saturated heterocycles. The van der Waals surface area contributed by atoms with Gasteiger partial charge in [-0.1, -0.05) is 72.3 Å². The first kappa shape index (κ1) is 107. The van der Waals surface area contributed by atoms with Gasteiger partial charge in [-0.15, -0.1) is 0 Å². The number of carbonyl (C=O) groups excluding carboxylic acids is 2. The molecule has 0 radical (unpaired) electrons. The van der Waals surface area contributed by atoms with E-state index in [0.717, 1.165) is 151 Å². The third-order valence-electron chi connectivity index (χ3n) is 15.0. The van der Waals surface area contributed by atoms with E-state index in [2.05, 4.69) is 25.9 Å². The average Bonchev–Trinajstić information content (AvgIpc) is 1.65. The second-order valence-corrected chi connectivity index (χ2v) is 25.6. The van der Waals surface area contributed by atoms with Crippen molar-refractivity contribution < 1.29 is 138 Å². The summed E-state index contributed by atoms with van der Waals surface area (Å²) in [6.45, 7) is 0. The summed E-state index contributed by atoms with van der Waals surface area (Å²) in [5.74, 6) is -18.4. The molecule has 0 spiro atoms. The summed E-state index contributed by atoms with van der Waals surface area (Å²) in [6, 6.07) is 40.9. The number of benzene rings is 8. The van der Waals surface area contributed by atoms with Gasteiger partial charge in [0.1, 0.15) is 197 Å². The minimum absolute atomic E-state index is 0. The molecule has 11 aromatic rings. The van der Waals surface area contributed by atoms with Crippen molar-refractivity contribution in [1.29, 1.82) is 47.4 Å². The van der Waals surface area contributed by atoms with Crippen LogP contribution in [0.1, 0.15) is 75.0 Å². The molecule has 46 heteroatoms. The smallest absolute Gasteiger partial charge is 0.505 e. The van der Waals surface area contributed by atoms with Crippen molar-refractivity contribution >= 4 is 108 Å². The molecule has 0 fully saturated rings. The topological polar surface area (TPSA) is 449 Å². The van der Waals surface area contributed by atoms with Crippen LogP contribution < -0.4 is 52.5 Å². The number of halogens is 21. The minimum Gasteiger partial charge on any atom is -0.505 e. The molecule has 0 aliphatic rings. The van der Waals surface area contributed by atoms with Gasteiger partial charge in [-0.2, -0.15) is 69.3 Å². The van der Waals surface area contributed by atoms with Gasteiger partial charge in [-0.25, -0.2) is 75.0 Å². The molecule has 0 saturated carbocycles. The van der Waals surface area contributed by atoms with E-state index in [1.165, 1.54) is 60.7 Å². The van der Waals surface area contributed by atoms with Crippen LogP contribution in [0.4, 0.5) is 88.4 Å². The number of ketones is 1. The maximum Gasteiger partial charge on any atom is 1.00 e. The van der Waals surface area contributed by atoms with E-state index in [-0.39, 0.29) is 78.1 Å². The number of aromatic nitrogens is 3. The third-order valence-corrected chi connectivity index (χ3v) is 17.3. The maximum atomic E-state index is 14.0. The Bertz CT molecular complexity index is 6150. The Labute approximate surface area is 753 Å². The van der Waals surface area contributed by atoms with Crippen LogP contribution in [0.15, 0.2) is 186 Å². The molecule has 642 valence electrons. The fourth-order valence-electron chi connectivity index (χ4n) is 9.33. The van der Waals surface area contributed by atoms with Gasteiger partial charge in [0.2, 0.25) is 0 Å². The molecule has 10 N–H and O–H groups in total. The van der Waals surface area contributed by atoms with Crippen LogP contribution in [0, 0.1) is 195 Å². The normalized spacial score (nSPS) is 9.94. The molecular formula is C82H39Cl2F19N16NaO5S3+. The number of aliphatic hydroxyl groups excluding tert-OH is 1. The molecule has 0 bridgehead atoms. The molecule has 0 amide bonds. The van der Waals surface area contributed by atoms with Crippen LogP contribution in [-0.4, -0.2) is 45.9 Å². The molecule has 3 heterocycles. The number of nitrogens with two attached hydrogens (primary N) is 4. The standard InChI is InChI=1S/C18H8F5N3OS.C10H3ClF2N2.C10H5F2N3S.C10H7F2N3S.C10H5F2N3.C10H4F2N2O.C7H3ClF2O.C7H4F2O2.Na/c19-11-4-1-5-12(20)15(11)16-10(8-24)14(28-26-16)7-13(27)9-3-2-6-25-17(9)18(21,22)23;11-10(6(4-14)5-15)9-7(12)2-1-3-8(9)13;11-6-2-1-3-7(12)8(6)9-5(4-13)10(14)16-15-9;11-6-2-1-3-7(12)8(6)9(14)5(4-13)10(15)16;2*11-7-2-1-3-8(12)9(7)10(15)6(4-13)5-14;8-7(11)6-4(9)2-1-3-5(6)10;8-4-2-1-3-5(9)6(4)7(10)11;/h1-6H,7H2;1-3H;1-3H,14H2;1-3H,14H2,(H2,15,16);1-3H,15H2;1-3,15H;1-3H;1-3H,(H,10,11);/q;;;;;;;;+1/b;;;9-5-;;;;;. The Balaban J connectivity index is 0.000000384. The molecule has 0 atom stereocenters. The molecule has 3 aromatic heterocycles. The third kappa shape index (κ3) is 28.1. The van der Waals surface area contributed by atoms with Crippen LogP contribution in [-0.2, 0) is 12.6 Å². The number of alkyl halides is 3. The van der Waals surface area contributed by atoms with Crippen LogP contribution in [0.3, 0.4) is 0 Å². The predicted octanol–water partition coefficient (Wildman–Crippen LogP) is 16.7. The van der Waals surface area contributed by atoms with Crippen molar-refractivity contribution in [3.8, 4) is 77.1 Å². The zero-order chi connectivity index (χ0) is 95.6. The van der Waals surface area contributed by atoms with E-state index in [1.807, 2.05) is 0 Å². The van der Waals surface area contributed by atoms with E-state index in [1.54, 1.807) is 18.2 Å². The predicted molar refractivity (Wildman–Crippen MR) is 422 cm³/mol. The summed E-state index contributed by atoms with van der Waals surface area (Å²) in [4.78, 5) is 35.9. The molecule has 0 aliphatic heterocycles. The number of nitriles is 9. The van der Waals surface area contributed by atoms with Gasteiger partial charge in [-0.05, 0) is 144 Å². The van der Waals surface area contributed by atoms with Gasteiger partial charge in [0.05, 0.1) is 60.2 Å². The zero-order valence-electron chi connectivity index (χ0n) is 63.3. The number of thiocarbonyl (C=S) groups is 1. The van der Waals surface area contributed by atoms with Gasteiger partial charge in [0.15, 0.2) is 28.4 Å². The van der Waals surface area contributed by atoms with Crippen LogP contribution >= 0.6 is 58.5 Å². The van der Waals surface area contributed by atoms with E-state index >= 15 is 0 Å². The summed E-state index contributed by atoms with van der Waals surface area (Å²) in [5.41, 5.74) is 11.1. The number of carboxylic acid groups (broad SMARTS) is 1. The van der Waals surface area contributed by atoms with E-state index in [9.17, 15) is 108 Å². The van der Waals surface area contributed by atoms with Gasteiger partial charge < -0.3 is 33.1 Å². The number of rotatable bonds is 12. The Hall–Kier alpha value is -15.3. The number of carboxylic acids is 1. The molecule has 11 rings (SSSR count). The summed E-state index contributed by atoms with van der Waals surface area (Å²) in [5, 5.41) is 93.7. The maximum absolute atomic E-state index is 14.0. The van der Waals surface area contributed by atoms with Crippen molar-refractivity contribution in [2.45, 2.75) is 12.6 Å². The van der Waals surface area contributed by atoms with Crippen LogP contribution in [0.25, 0.3) is 44.7 Å². The number of hydrogen-bond acceptors (Lipinski definition) is 22. The number of aromatic carboxylic acids is 1. The SMILES string of the molecule is N#C/C(C(N)=S)=C(/N)c1c(F)cccc1F.N#CC(C#N)=C(Cl)c1c(F)cccc1F.N#CC(C#N)=C(N)c1c(F)cccc1F.N#CC(C#N)=C(O)c1c(F)cccc1F.N#Cc1c(-c2c(F)cccc2F)nsc1CC(=O)c1cccnc1C(F)(F)F.N#Cc1c(-c2c(F)cccc2F)nsc1N.O=C(Cl)c1c(F)cccc1F.O=C(O)c1c(F)cccc1F.[Na+]. The van der Waals surface area contributed by atoms with Crippen molar-refractivity contribution in [2.75, 3.05) is 5.73 Å². The molecule has 0 aliphatic carbocycles. The van der Waals surface area contributed by atoms with Crippen molar-refractivity contribution in [3.05, 3.63) is 340 Å². The van der Waals surface area contributed by atoms with Crippen LogP contribution in [0.2, 0.25) is 0 Å². The number of anilines is 1. The van der Waals surface area contributed by atoms with Crippen molar-refractivity contribution in [2.24, 2.45) is 17.2 Å². The summed E-state index contributed by atoms with van der Waals surface area (Å²) < 4.78 is 257.